The zero-order valence-electron chi connectivity index (χ0n) is 12.7. The third-order valence-corrected chi connectivity index (χ3v) is 2.92. The minimum absolute atomic E-state index is 0. The van der Waals surface area contributed by atoms with Crippen molar-refractivity contribution < 1.29 is 9.53 Å². The molecule has 2 aromatic rings. The molecule has 2 aromatic heterocycles. The van der Waals surface area contributed by atoms with Gasteiger partial charge < -0.3 is 15.4 Å². The number of ether oxygens (including phenoxy) is 1. The number of carbonyl (C=O) groups excluding carboxylic acids is 1. The minimum atomic E-state index is -0.149. The minimum Gasteiger partial charge on any atom is -0.383 e. The molecular formula is C14H21Cl2N5O2. The van der Waals surface area contributed by atoms with Crippen LogP contribution < -0.4 is 10.6 Å². The largest absolute Gasteiger partial charge is 0.383 e. The van der Waals surface area contributed by atoms with Gasteiger partial charge in [-0.25, -0.2) is 0 Å². The van der Waals surface area contributed by atoms with Gasteiger partial charge in [0.25, 0.3) is 5.91 Å². The Morgan fingerprint density at radius 3 is 2.65 bits per heavy atom. The molecule has 128 valence electrons. The number of pyridine rings is 1. The third kappa shape index (κ3) is 6.54. The molecule has 23 heavy (non-hydrogen) atoms. The fourth-order valence-corrected chi connectivity index (χ4v) is 1.86. The number of hydrogen-bond acceptors (Lipinski definition) is 5. The van der Waals surface area contributed by atoms with E-state index >= 15 is 0 Å². The number of aromatic nitrogens is 3. The summed E-state index contributed by atoms with van der Waals surface area (Å²) >= 11 is 0. The van der Waals surface area contributed by atoms with Crippen LogP contribution in [-0.4, -0.2) is 54.4 Å². The lowest BCUT2D eigenvalue weighted by molar-refractivity contribution is 0.0954. The Morgan fingerprint density at radius 2 is 1.96 bits per heavy atom. The van der Waals surface area contributed by atoms with Crippen molar-refractivity contribution >= 4 is 30.7 Å². The first-order chi connectivity index (χ1) is 10.3. The summed E-state index contributed by atoms with van der Waals surface area (Å²) in [6, 6.07) is 3.66. The van der Waals surface area contributed by atoms with E-state index in [9.17, 15) is 4.79 Å². The first-order valence-corrected chi connectivity index (χ1v) is 6.74. The van der Waals surface area contributed by atoms with Crippen LogP contribution in [0, 0.1) is 0 Å². The topological polar surface area (TPSA) is 91.9 Å². The highest BCUT2D eigenvalue weighted by Gasteiger charge is 2.14. The molecule has 2 rings (SSSR count). The van der Waals surface area contributed by atoms with E-state index in [2.05, 4.69) is 25.8 Å². The van der Waals surface area contributed by atoms with Crippen LogP contribution >= 0.6 is 24.8 Å². The summed E-state index contributed by atoms with van der Waals surface area (Å²) in [4.78, 5) is 16.1. The standard InChI is InChI=1S/C14H19N5O2.2ClH/c1-21-9-8-16-6-7-17-14(20)12-10-18-19-13(12)11-2-4-15-5-3-11;;/h2-5,10,16H,6-9H2,1H3,(H,17,20)(H,18,19);2*1H. The van der Waals surface area contributed by atoms with Gasteiger partial charge in [0, 0.05) is 44.7 Å². The molecular weight excluding hydrogens is 341 g/mol. The van der Waals surface area contributed by atoms with Gasteiger partial charge in [0.05, 0.1) is 24.1 Å². The Kier molecular flexibility index (Phi) is 11.0. The van der Waals surface area contributed by atoms with E-state index in [0.29, 0.717) is 31.0 Å². The van der Waals surface area contributed by atoms with E-state index < -0.39 is 0 Å². The predicted octanol–water partition coefficient (Wildman–Crippen LogP) is 1.28. The van der Waals surface area contributed by atoms with Gasteiger partial charge >= 0.3 is 0 Å². The van der Waals surface area contributed by atoms with Gasteiger partial charge in [-0.1, -0.05) is 0 Å². The van der Waals surface area contributed by atoms with Crippen LogP contribution in [0.15, 0.2) is 30.7 Å². The maximum atomic E-state index is 12.1. The van der Waals surface area contributed by atoms with Gasteiger partial charge in [0.2, 0.25) is 0 Å². The predicted molar refractivity (Wildman–Crippen MR) is 93.4 cm³/mol. The van der Waals surface area contributed by atoms with Crippen molar-refractivity contribution in [2.75, 3.05) is 33.4 Å². The molecule has 0 saturated carbocycles. The Morgan fingerprint density at radius 1 is 1.22 bits per heavy atom. The molecule has 2 heterocycles. The fraction of sp³-hybridized carbons (Fsp3) is 0.357. The number of hydrogen-bond donors (Lipinski definition) is 3. The summed E-state index contributed by atoms with van der Waals surface area (Å²) in [7, 11) is 1.66. The average molecular weight is 362 g/mol. The van der Waals surface area contributed by atoms with E-state index in [4.69, 9.17) is 4.74 Å². The van der Waals surface area contributed by atoms with Crippen molar-refractivity contribution in [1.29, 1.82) is 0 Å². The number of nitrogens with zero attached hydrogens (tertiary/aromatic N) is 2. The molecule has 0 spiro atoms. The van der Waals surface area contributed by atoms with Gasteiger partial charge in [-0.2, -0.15) is 5.10 Å². The SMILES string of the molecule is COCCNCCNC(=O)c1cn[nH]c1-c1ccncc1.Cl.Cl. The van der Waals surface area contributed by atoms with Crippen LogP contribution in [0.1, 0.15) is 10.4 Å². The zero-order chi connectivity index (χ0) is 14.9. The normalized spacial score (nSPS) is 9.61. The second-order valence-corrected chi connectivity index (χ2v) is 4.39. The Balaban J connectivity index is 0.00000242. The van der Waals surface area contributed by atoms with E-state index in [1.807, 2.05) is 12.1 Å². The van der Waals surface area contributed by atoms with Crippen molar-refractivity contribution in [3.63, 3.8) is 0 Å². The van der Waals surface area contributed by atoms with Crippen LogP contribution in [0.25, 0.3) is 11.3 Å². The van der Waals surface area contributed by atoms with E-state index in [1.54, 1.807) is 19.5 Å². The number of halogens is 2. The number of methoxy groups -OCH3 is 1. The maximum absolute atomic E-state index is 12.1. The third-order valence-electron chi connectivity index (χ3n) is 2.92. The second kappa shape index (κ2) is 11.8. The van der Waals surface area contributed by atoms with E-state index in [0.717, 1.165) is 12.1 Å². The van der Waals surface area contributed by atoms with Crippen LogP contribution in [0.2, 0.25) is 0 Å². The molecule has 0 aliphatic heterocycles. The Bertz CT molecular complexity index is 565. The molecule has 0 aromatic carbocycles. The zero-order valence-corrected chi connectivity index (χ0v) is 14.4. The van der Waals surface area contributed by atoms with Crippen molar-refractivity contribution in [2.24, 2.45) is 0 Å². The summed E-state index contributed by atoms with van der Waals surface area (Å²) in [5.41, 5.74) is 2.10. The number of aromatic amines is 1. The first-order valence-electron chi connectivity index (χ1n) is 6.74. The Hall–Kier alpha value is -1.67. The van der Waals surface area contributed by atoms with Crippen molar-refractivity contribution in [3.05, 3.63) is 36.3 Å². The van der Waals surface area contributed by atoms with Crippen molar-refractivity contribution in [3.8, 4) is 11.3 Å². The smallest absolute Gasteiger partial charge is 0.255 e. The molecule has 0 saturated heterocycles. The summed E-state index contributed by atoms with van der Waals surface area (Å²) < 4.78 is 4.93. The molecule has 3 N–H and O–H groups in total. The fourth-order valence-electron chi connectivity index (χ4n) is 1.86. The van der Waals surface area contributed by atoms with Crippen LogP contribution in [-0.2, 0) is 4.74 Å². The van der Waals surface area contributed by atoms with Gasteiger partial charge in [-0.05, 0) is 12.1 Å². The average Bonchev–Trinajstić information content (AvgIpc) is 3.01. The molecule has 0 aliphatic rings. The number of amides is 1. The van der Waals surface area contributed by atoms with Gasteiger partial charge in [0.1, 0.15) is 0 Å². The quantitative estimate of drug-likeness (QED) is 0.616. The lowest BCUT2D eigenvalue weighted by Crippen LogP contribution is -2.33. The summed E-state index contributed by atoms with van der Waals surface area (Å²) in [5, 5.41) is 12.8. The number of H-pyrrole nitrogens is 1. The van der Waals surface area contributed by atoms with Gasteiger partial charge in [-0.15, -0.1) is 24.8 Å². The molecule has 1 amide bonds. The van der Waals surface area contributed by atoms with E-state index in [-0.39, 0.29) is 30.7 Å². The van der Waals surface area contributed by atoms with Crippen LogP contribution in [0.3, 0.4) is 0 Å². The number of carbonyl (C=O) groups is 1. The first kappa shape index (κ1) is 21.3. The van der Waals surface area contributed by atoms with Crippen molar-refractivity contribution in [1.82, 2.24) is 25.8 Å². The van der Waals surface area contributed by atoms with Crippen LogP contribution in [0.4, 0.5) is 0 Å². The summed E-state index contributed by atoms with van der Waals surface area (Å²) in [6.07, 6.45) is 4.89. The molecule has 9 heteroatoms. The lowest BCUT2D eigenvalue weighted by Gasteiger charge is -2.07. The van der Waals surface area contributed by atoms with E-state index in [1.165, 1.54) is 6.20 Å². The second-order valence-electron chi connectivity index (χ2n) is 4.39. The maximum Gasteiger partial charge on any atom is 0.255 e. The summed E-state index contributed by atoms with van der Waals surface area (Å²) in [6.45, 7) is 2.66. The molecule has 0 bridgehead atoms. The molecule has 0 unspecified atom stereocenters. The highest BCUT2D eigenvalue weighted by molar-refractivity contribution is 5.99. The monoisotopic (exact) mass is 361 g/mol. The van der Waals surface area contributed by atoms with Crippen molar-refractivity contribution in [2.45, 2.75) is 0 Å². The highest BCUT2D eigenvalue weighted by Crippen LogP contribution is 2.19. The van der Waals surface area contributed by atoms with Crippen LogP contribution in [0.5, 0.6) is 0 Å². The molecule has 7 nitrogen and oxygen atoms in total. The molecule has 0 fully saturated rings. The number of nitrogens with one attached hydrogen (secondary N) is 3. The molecule has 0 aliphatic carbocycles. The summed E-state index contributed by atoms with van der Waals surface area (Å²) in [5.74, 6) is -0.149. The Labute approximate surface area is 147 Å². The molecule has 0 atom stereocenters. The number of rotatable bonds is 8. The van der Waals surface area contributed by atoms with Gasteiger partial charge in [-0.3, -0.25) is 14.9 Å². The molecule has 0 radical (unpaired) electrons. The lowest BCUT2D eigenvalue weighted by atomic mass is 10.1. The van der Waals surface area contributed by atoms with Gasteiger partial charge in [0.15, 0.2) is 0 Å². The highest BCUT2D eigenvalue weighted by atomic mass is 35.5.